The van der Waals surface area contributed by atoms with Crippen molar-refractivity contribution in [3.63, 3.8) is 0 Å². The van der Waals surface area contributed by atoms with E-state index in [0.29, 0.717) is 5.92 Å². The largest absolute Gasteiger partial charge is 0.480 e. The van der Waals surface area contributed by atoms with Crippen molar-refractivity contribution in [2.24, 2.45) is 5.92 Å². The van der Waals surface area contributed by atoms with Crippen LogP contribution >= 0.6 is 0 Å². The van der Waals surface area contributed by atoms with Crippen molar-refractivity contribution in [1.29, 1.82) is 0 Å². The molecule has 0 aromatic heterocycles. The third kappa shape index (κ3) is 5.14. The van der Waals surface area contributed by atoms with E-state index in [4.69, 9.17) is 9.84 Å². The third-order valence-corrected chi connectivity index (χ3v) is 2.61. The van der Waals surface area contributed by atoms with Gasteiger partial charge in [-0.15, -0.1) is 0 Å². The fourth-order valence-electron chi connectivity index (χ4n) is 1.68. The first-order valence-corrected chi connectivity index (χ1v) is 5.33. The van der Waals surface area contributed by atoms with Crippen LogP contribution in [0.15, 0.2) is 0 Å². The maximum absolute atomic E-state index is 11.0. The molecule has 0 aliphatic heterocycles. The zero-order valence-electron chi connectivity index (χ0n) is 10.4. The van der Waals surface area contributed by atoms with E-state index in [0.717, 1.165) is 6.42 Å². The molecule has 4 heteroatoms. The lowest BCUT2D eigenvalue weighted by atomic mass is 10.0. The molecule has 0 bridgehead atoms. The number of methoxy groups -OCH3 is 1. The minimum atomic E-state index is -0.824. The lowest BCUT2D eigenvalue weighted by Crippen LogP contribution is -2.46. The Balaban J connectivity index is 4.34. The van der Waals surface area contributed by atoms with E-state index in [1.54, 1.807) is 0 Å². The van der Waals surface area contributed by atoms with Gasteiger partial charge >= 0.3 is 5.97 Å². The average Bonchev–Trinajstić information content (AvgIpc) is 2.11. The molecule has 0 aliphatic carbocycles. The van der Waals surface area contributed by atoms with Gasteiger partial charge in [-0.2, -0.15) is 0 Å². The SMILES string of the molecule is COCC(C(=O)O)N(C)C(C)CC(C)C. The highest BCUT2D eigenvalue weighted by Gasteiger charge is 2.26. The molecule has 0 aliphatic rings. The first kappa shape index (κ1) is 14.4. The van der Waals surface area contributed by atoms with Gasteiger partial charge in [0.25, 0.3) is 0 Å². The Labute approximate surface area is 92.2 Å². The number of hydrogen-bond donors (Lipinski definition) is 1. The van der Waals surface area contributed by atoms with E-state index in [9.17, 15) is 4.79 Å². The quantitative estimate of drug-likeness (QED) is 0.701. The van der Waals surface area contributed by atoms with Gasteiger partial charge in [0.05, 0.1) is 6.61 Å². The molecule has 0 radical (unpaired) electrons. The highest BCUT2D eigenvalue weighted by Crippen LogP contribution is 2.12. The first-order valence-electron chi connectivity index (χ1n) is 5.33. The summed E-state index contributed by atoms with van der Waals surface area (Å²) in [4.78, 5) is 12.9. The second kappa shape index (κ2) is 6.80. The molecule has 0 saturated heterocycles. The van der Waals surface area contributed by atoms with Crippen LogP contribution in [0.3, 0.4) is 0 Å². The van der Waals surface area contributed by atoms with Crippen LogP contribution in [0.2, 0.25) is 0 Å². The lowest BCUT2D eigenvalue weighted by molar-refractivity contribution is -0.145. The van der Waals surface area contributed by atoms with Crippen LogP contribution in [0, 0.1) is 5.92 Å². The zero-order chi connectivity index (χ0) is 12.0. The molecule has 0 spiro atoms. The maximum Gasteiger partial charge on any atom is 0.323 e. The zero-order valence-corrected chi connectivity index (χ0v) is 10.4. The van der Waals surface area contributed by atoms with Crippen molar-refractivity contribution < 1.29 is 14.6 Å². The van der Waals surface area contributed by atoms with E-state index in [1.165, 1.54) is 7.11 Å². The summed E-state index contributed by atoms with van der Waals surface area (Å²) in [5, 5.41) is 9.04. The number of aliphatic carboxylic acids is 1. The molecular weight excluding hydrogens is 194 g/mol. The molecule has 2 atom stereocenters. The Bertz CT molecular complexity index is 194. The summed E-state index contributed by atoms with van der Waals surface area (Å²) in [6, 6.07) is -0.301. The van der Waals surface area contributed by atoms with Crippen LogP contribution < -0.4 is 0 Å². The normalized spacial score (nSPS) is 15.7. The Morgan fingerprint density at radius 3 is 2.27 bits per heavy atom. The van der Waals surface area contributed by atoms with E-state index in [2.05, 4.69) is 13.8 Å². The van der Waals surface area contributed by atoms with Gasteiger partial charge < -0.3 is 9.84 Å². The van der Waals surface area contributed by atoms with Gasteiger partial charge in [0.15, 0.2) is 0 Å². The molecule has 0 amide bonds. The number of likely N-dealkylation sites (N-methyl/N-ethyl adjacent to an activating group) is 1. The highest BCUT2D eigenvalue weighted by molar-refractivity contribution is 5.73. The smallest absolute Gasteiger partial charge is 0.323 e. The van der Waals surface area contributed by atoms with E-state index >= 15 is 0 Å². The number of hydrogen-bond acceptors (Lipinski definition) is 3. The van der Waals surface area contributed by atoms with Gasteiger partial charge in [0.2, 0.25) is 0 Å². The van der Waals surface area contributed by atoms with Gasteiger partial charge in [0, 0.05) is 13.2 Å². The van der Waals surface area contributed by atoms with Gasteiger partial charge in [-0.3, -0.25) is 9.69 Å². The number of ether oxygens (including phenoxy) is 1. The van der Waals surface area contributed by atoms with Crippen molar-refractivity contribution in [1.82, 2.24) is 4.90 Å². The lowest BCUT2D eigenvalue weighted by Gasteiger charge is -2.31. The highest BCUT2D eigenvalue weighted by atomic mass is 16.5. The van der Waals surface area contributed by atoms with Crippen LogP contribution in [0.1, 0.15) is 27.2 Å². The Hall–Kier alpha value is -0.610. The van der Waals surface area contributed by atoms with Crippen LogP contribution in [0.4, 0.5) is 0 Å². The van der Waals surface area contributed by atoms with Crippen molar-refractivity contribution >= 4 is 5.97 Å². The molecule has 0 saturated carbocycles. The number of carbonyl (C=O) groups is 1. The van der Waals surface area contributed by atoms with E-state index in [-0.39, 0.29) is 12.6 Å². The van der Waals surface area contributed by atoms with Gasteiger partial charge in [0.1, 0.15) is 6.04 Å². The molecular formula is C11H23NO3. The second-order valence-electron chi connectivity index (χ2n) is 4.45. The van der Waals surface area contributed by atoms with E-state index < -0.39 is 12.0 Å². The topological polar surface area (TPSA) is 49.8 Å². The fraction of sp³-hybridized carbons (Fsp3) is 0.909. The summed E-state index contributed by atoms with van der Waals surface area (Å²) >= 11 is 0. The summed E-state index contributed by atoms with van der Waals surface area (Å²) in [6.45, 7) is 6.55. The number of carboxylic acids is 1. The predicted octanol–water partition coefficient (Wildman–Crippen LogP) is 1.45. The summed E-state index contributed by atoms with van der Waals surface area (Å²) in [5.74, 6) is -0.255. The van der Waals surface area contributed by atoms with Crippen molar-refractivity contribution in [3.05, 3.63) is 0 Å². The summed E-state index contributed by atoms with van der Waals surface area (Å²) in [7, 11) is 3.36. The molecule has 0 fully saturated rings. The molecule has 15 heavy (non-hydrogen) atoms. The first-order chi connectivity index (χ1) is 6.90. The standard InChI is InChI=1S/C11H23NO3/c1-8(2)6-9(3)12(4)10(7-15-5)11(13)14/h8-10H,6-7H2,1-5H3,(H,13,14). The minimum Gasteiger partial charge on any atom is -0.480 e. The molecule has 0 heterocycles. The molecule has 0 aromatic carbocycles. The third-order valence-electron chi connectivity index (χ3n) is 2.61. The van der Waals surface area contributed by atoms with Crippen molar-refractivity contribution in [2.75, 3.05) is 20.8 Å². The molecule has 0 aromatic rings. The molecule has 0 rings (SSSR count). The number of nitrogens with zero attached hydrogens (tertiary/aromatic N) is 1. The Morgan fingerprint density at radius 1 is 1.40 bits per heavy atom. The number of rotatable bonds is 7. The summed E-state index contributed by atoms with van der Waals surface area (Å²) < 4.78 is 4.92. The molecule has 2 unspecified atom stereocenters. The van der Waals surface area contributed by atoms with Gasteiger partial charge in [-0.05, 0) is 26.3 Å². The second-order valence-corrected chi connectivity index (χ2v) is 4.45. The molecule has 4 nitrogen and oxygen atoms in total. The van der Waals surface area contributed by atoms with Crippen molar-refractivity contribution in [2.45, 2.75) is 39.3 Å². The predicted molar refractivity (Wildman–Crippen MR) is 60.0 cm³/mol. The fourth-order valence-corrected chi connectivity index (χ4v) is 1.68. The van der Waals surface area contributed by atoms with Crippen LogP contribution in [0.25, 0.3) is 0 Å². The Morgan fingerprint density at radius 2 is 1.93 bits per heavy atom. The van der Waals surface area contributed by atoms with E-state index in [1.807, 2.05) is 18.9 Å². The van der Waals surface area contributed by atoms with Crippen LogP contribution in [-0.2, 0) is 9.53 Å². The Kier molecular flexibility index (Phi) is 6.52. The van der Waals surface area contributed by atoms with Crippen molar-refractivity contribution in [3.8, 4) is 0 Å². The van der Waals surface area contributed by atoms with Gasteiger partial charge in [-0.1, -0.05) is 13.8 Å². The average molecular weight is 217 g/mol. The molecule has 90 valence electrons. The van der Waals surface area contributed by atoms with Crippen LogP contribution in [-0.4, -0.2) is 48.8 Å². The number of carboxylic acid groups (broad SMARTS) is 1. The molecule has 1 N–H and O–H groups in total. The maximum atomic E-state index is 11.0. The summed E-state index contributed by atoms with van der Waals surface area (Å²) in [6.07, 6.45) is 0.990. The minimum absolute atomic E-state index is 0.230. The van der Waals surface area contributed by atoms with Gasteiger partial charge in [-0.25, -0.2) is 0 Å². The monoisotopic (exact) mass is 217 g/mol. The summed E-state index contributed by atoms with van der Waals surface area (Å²) in [5.41, 5.74) is 0. The van der Waals surface area contributed by atoms with Crippen LogP contribution in [0.5, 0.6) is 0 Å².